The minimum absolute atomic E-state index is 0.0471. The standard InChI is InChI=1S/C20H26N4O4S3/c1-11(2)9-14(10-25)21-17-16-18(24-20(26)30-16)23-19(22-17)29-12(3)13-5-7-15(8-6-13)31(4,27)28/h5-8,11-12,14,25H,9-10H2,1-4H3,(H2,21,22,23,24,26). The molecule has 0 amide bonds. The Morgan fingerprint density at radius 3 is 2.45 bits per heavy atom. The van der Waals surface area contributed by atoms with Gasteiger partial charge in [-0.15, -0.1) is 0 Å². The van der Waals surface area contributed by atoms with Gasteiger partial charge in [0, 0.05) is 11.5 Å². The van der Waals surface area contributed by atoms with E-state index in [2.05, 4.69) is 34.1 Å². The van der Waals surface area contributed by atoms with Crippen LogP contribution in [0.5, 0.6) is 0 Å². The van der Waals surface area contributed by atoms with Gasteiger partial charge < -0.3 is 10.4 Å². The fourth-order valence-corrected chi connectivity index (χ4v) is 5.39. The van der Waals surface area contributed by atoms with Crippen molar-refractivity contribution in [3.8, 4) is 0 Å². The lowest BCUT2D eigenvalue weighted by molar-refractivity contribution is 0.259. The van der Waals surface area contributed by atoms with Gasteiger partial charge in [-0.25, -0.2) is 18.4 Å². The minimum atomic E-state index is -3.25. The van der Waals surface area contributed by atoms with Gasteiger partial charge in [-0.05, 0) is 37.0 Å². The van der Waals surface area contributed by atoms with E-state index in [0.29, 0.717) is 27.2 Å². The van der Waals surface area contributed by atoms with E-state index in [-0.39, 0.29) is 27.7 Å². The fourth-order valence-electron chi connectivity index (χ4n) is 3.13. The number of aliphatic hydroxyl groups excluding tert-OH is 1. The summed E-state index contributed by atoms with van der Waals surface area (Å²) in [5.74, 6) is 0.908. The molecule has 0 aliphatic heterocycles. The van der Waals surface area contributed by atoms with E-state index in [1.54, 1.807) is 24.3 Å². The lowest BCUT2D eigenvalue weighted by Gasteiger charge is -2.19. The normalized spacial score (nSPS) is 14.1. The van der Waals surface area contributed by atoms with Crippen molar-refractivity contribution in [2.75, 3.05) is 18.2 Å². The van der Waals surface area contributed by atoms with Crippen LogP contribution in [0.1, 0.15) is 38.0 Å². The van der Waals surface area contributed by atoms with E-state index < -0.39 is 9.84 Å². The first kappa shape index (κ1) is 23.7. The first-order chi connectivity index (χ1) is 14.6. The van der Waals surface area contributed by atoms with Crippen LogP contribution in [0.3, 0.4) is 0 Å². The molecule has 168 valence electrons. The third kappa shape index (κ3) is 6.06. The third-order valence-corrected chi connectivity index (χ3v) is 7.66. The molecule has 11 heteroatoms. The van der Waals surface area contributed by atoms with Crippen LogP contribution in [0, 0.1) is 5.92 Å². The summed E-state index contributed by atoms with van der Waals surface area (Å²) in [6.07, 6.45) is 1.94. The van der Waals surface area contributed by atoms with Crippen LogP contribution in [0.25, 0.3) is 10.3 Å². The molecule has 3 aromatic rings. The van der Waals surface area contributed by atoms with Crippen molar-refractivity contribution < 1.29 is 13.5 Å². The molecule has 0 spiro atoms. The zero-order chi connectivity index (χ0) is 22.8. The lowest BCUT2D eigenvalue weighted by Crippen LogP contribution is -2.26. The maximum absolute atomic E-state index is 11.9. The molecule has 3 N–H and O–H groups in total. The second kappa shape index (κ2) is 9.68. The summed E-state index contributed by atoms with van der Waals surface area (Å²) in [5.41, 5.74) is 1.39. The lowest BCUT2D eigenvalue weighted by atomic mass is 10.0. The number of rotatable bonds is 9. The predicted octanol–water partition coefficient (Wildman–Crippen LogP) is 3.46. The van der Waals surface area contributed by atoms with Crippen LogP contribution in [-0.4, -0.2) is 47.4 Å². The van der Waals surface area contributed by atoms with Crippen molar-refractivity contribution in [3.63, 3.8) is 0 Å². The number of H-pyrrole nitrogens is 1. The summed E-state index contributed by atoms with van der Waals surface area (Å²) in [7, 11) is -3.25. The van der Waals surface area contributed by atoms with Crippen LogP contribution in [-0.2, 0) is 9.84 Å². The molecule has 0 aliphatic rings. The van der Waals surface area contributed by atoms with Gasteiger partial charge in [0.1, 0.15) is 4.70 Å². The Bertz CT molecular complexity index is 1200. The van der Waals surface area contributed by atoms with Crippen LogP contribution >= 0.6 is 23.1 Å². The molecular formula is C20H26N4O4S3. The van der Waals surface area contributed by atoms with Crippen LogP contribution < -0.4 is 10.2 Å². The van der Waals surface area contributed by atoms with Gasteiger partial charge in [0.05, 0.1) is 17.5 Å². The first-order valence-corrected chi connectivity index (χ1v) is 13.4. The van der Waals surface area contributed by atoms with Gasteiger partial charge in [0.2, 0.25) is 0 Å². The average Bonchev–Trinajstić information content (AvgIpc) is 3.07. The summed E-state index contributed by atoms with van der Waals surface area (Å²) < 4.78 is 24.0. The highest BCUT2D eigenvalue weighted by Gasteiger charge is 2.18. The van der Waals surface area contributed by atoms with Crippen LogP contribution in [0.4, 0.5) is 5.82 Å². The van der Waals surface area contributed by atoms with E-state index in [4.69, 9.17) is 0 Å². The number of thiazole rings is 1. The molecule has 2 heterocycles. The number of aromatic nitrogens is 3. The highest BCUT2D eigenvalue weighted by molar-refractivity contribution is 7.99. The van der Waals surface area contributed by atoms with Gasteiger partial charge in [-0.2, -0.15) is 0 Å². The van der Waals surface area contributed by atoms with Crippen molar-refractivity contribution in [1.29, 1.82) is 0 Å². The molecule has 8 nitrogen and oxygen atoms in total. The molecule has 1 aromatic carbocycles. The molecule has 3 rings (SSSR count). The highest BCUT2D eigenvalue weighted by atomic mass is 32.2. The monoisotopic (exact) mass is 482 g/mol. The highest BCUT2D eigenvalue weighted by Crippen LogP contribution is 2.35. The zero-order valence-corrected chi connectivity index (χ0v) is 20.2. The van der Waals surface area contributed by atoms with E-state index in [1.165, 1.54) is 18.0 Å². The van der Waals surface area contributed by atoms with Gasteiger partial charge in [0.15, 0.2) is 26.5 Å². The van der Waals surface area contributed by atoms with E-state index in [1.807, 2.05) is 6.92 Å². The number of hydrogen-bond acceptors (Lipinski definition) is 9. The molecule has 31 heavy (non-hydrogen) atoms. The Labute approximate surface area is 189 Å². The second-order valence-electron chi connectivity index (χ2n) is 7.80. The Morgan fingerprint density at radius 1 is 1.19 bits per heavy atom. The maximum atomic E-state index is 11.9. The number of sulfone groups is 1. The second-order valence-corrected chi connectivity index (χ2v) is 12.1. The quantitative estimate of drug-likeness (QED) is 0.313. The number of anilines is 1. The van der Waals surface area contributed by atoms with Gasteiger partial charge in [0.25, 0.3) is 0 Å². The van der Waals surface area contributed by atoms with E-state index in [0.717, 1.165) is 23.3 Å². The number of fused-ring (bicyclic) bond motifs is 1. The number of benzene rings is 1. The van der Waals surface area contributed by atoms with Crippen LogP contribution in [0.15, 0.2) is 39.1 Å². The number of hydrogen-bond donors (Lipinski definition) is 3. The van der Waals surface area contributed by atoms with Crippen molar-refractivity contribution in [1.82, 2.24) is 15.0 Å². The van der Waals surface area contributed by atoms with Crippen molar-refractivity contribution in [3.05, 3.63) is 39.5 Å². The van der Waals surface area contributed by atoms with Gasteiger partial charge in [-0.1, -0.05) is 49.1 Å². The Balaban J connectivity index is 1.89. The predicted molar refractivity (Wildman–Crippen MR) is 126 cm³/mol. The van der Waals surface area contributed by atoms with E-state index >= 15 is 0 Å². The number of nitrogens with zero attached hydrogens (tertiary/aromatic N) is 2. The molecule has 0 bridgehead atoms. The number of aliphatic hydroxyl groups is 1. The van der Waals surface area contributed by atoms with Gasteiger partial charge in [-0.3, -0.25) is 9.78 Å². The maximum Gasteiger partial charge on any atom is 0.306 e. The largest absolute Gasteiger partial charge is 0.394 e. The van der Waals surface area contributed by atoms with Crippen molar-refractivity contribution >= 4 is 49.1 Å². The fraction of sp³-hybridized carbons (Fsp3) is 0.450. The number of nitrogens with one attached hydrogen (secondary N) is 2. The van der Waals surface area contributed by atoms with Gasteiger partial charge >= 0.3 is 4.87 Å². The molecule has 0 aliphatic carbocycles. The molecule has 2 aromatic heterocycles. The number of thioether (sulfide) groups is 1. The summed E-state index contributed by atoms with van der Waals surface area (Å²) in [5, 5.41) is 13.4. The summed E-state index contributed by atoms with van der Waals surface area (Å²) in [6, 6.07) is 6.56. The molecule has 0 fully saturated rings. The minimum Gasteiger partial charge on any atom is -0.394 e. The summed E-state index contributed by atoms with van der Waals surface area (Å²) in [4.78, 5) is 23.8. The molecule has 2 unspecified atom stereocenters. The Kier molecular flexibility index (Phi) is 7.40. The zero-order valence-electron chi connectivity index (χ0n) is 17.7. The molecular weight excluding hydrogens is 456 g/mol. The van der Waals surface area contributed by atoms with Crippen molar-refractivity contribution in [2.24, 2.45) is 5.92 Å². The van der Waals surface area contributed by atoms with Crippen LogP contribution in [0.2, 0.25) is 0 Å². The van der Waals surface area contributed by atoms with Crippen molar-refractivity contribution in [2.45, 2.75) is 48.5 Å². The Hall–Kier alpha value is -1.95. The summed E-state index contributed by atoms with van der Waals surface area (Å²) >= 11 is 2.44. The molecule has 0 saturated carbocycles. The number of aromatic amines is 1. The first-order valence-electron chi connectivity index (χ1n) is 9.81. The molecule has 0 saturated heterocycles. The van der Waals surface area contributed by atoms with E-state index in [9.17, 15) is 18.3 Å². The SMILES string of the molecule is CC(C)CC(CO)Nc1nc(SC(C)c2ccc(S(C)(=O)=O)cc2)nc2[nH]c(=O)sc12. The average molecular weight is 483 g/mol. The third-order valence-electron chi connectivity index (χ3n) is 4.64. The Morgan fingerprint density at radius 2 is 1.87 bits per heavy atom. The smallest absolute Gasteiger partial charge is 0.306 e. The topological polar surface area (TPSA) is 125 Å². The molecule has 0 radical (unpaired) electrons. The molecule has 2 atom stereocenters. The summed E-state index contributed by atoms with van der Waals surface area (Å²) in [6.45, 7) is 6.08.